The van der Waals surface area contributed by atoms with Gasteiger partial charge in [0, 0.05) is 49.4 Å². The molecule has 0 radical (unpaired) electrons. The molecule has 26 heteroatoms. The zero-order valence-electron chi connectivity index (χ0n) is 64.4. The molecule has 8 aromatic rings. The number of ketones is 1. The molecule has 0 bridgehead atoms. The molecule has 4 aromatic heterocycles. The Morgan fingerprint density at radius 1 is 0.445 bits per heavy atom. The van der Waals surface area contributed by atoms with Gasteiger partial charge in [-0.05, 0) is 194 Å². The fraction of sp³-hybridized carbons (Fsp3) is 0.464. The number of carbonyl (C=O) groups is 1. The lowest BCUT2D eigenvalue weighted by atomic mass is 9.73. The summed E-state index contributed by atoms with van der Waals surface area (Å²) in [5.74, 6) is 3.30. The van der Waals surface area contributed by atoms with Crippen LogP contribution in [0, 0.1) is 89.7 Å². The van der Waals surface area contributed by atoms with Gasteiger partial charge in [0.15, 0.2) is 5.78 Å². The van der Waals surface area contributed by atoms with E-state index >= 15 is 0 Å². The van der Waals surface area contributed by atoms with Crippen LogP contribution >= 0.6 is 0 Å². The number of Topliss-reactive ketones (excluding diaryl/α,β-unsaturated/α-hetero) is 1. The normalized spacial score (nSPS) is 20.1. The average molecular weight is 1490 g/mol. The van der Waals surface area contributed by atoms with Crippen LogP contribution < -0.4 is 42.5 Å². The number of aliphatic hydroxyl groups is 4. The van der Waals surface area contributed by atoms with E-state index < -0.39 is 0 Å². The SMILES string of the molecule is Cc1cc(F)ccc1C(=O)CNc1ncc(C#N)c(N[C@@H]2CC[C@H](O)C(C)(C)C2)n1.Cc1cccc(CCNc2ncc(C#N)c(NC3CCC(O)CC3)n2)c1.Cc1cccc(CCNc2ncc(C#N)c(NC3CCC(O)CC3)n2)c1.Cc1ccccc1CCNc1ncc(C#N)c(N[C@@H]2CC[C@H](O)C(C)(C)C2)n1. The number of rotatable bonds is 24. The molecule has 0 saturated heterocycles. The summed E-state index contributed by atoms with van der Waals surface area (Å²) < 4.78 is 13.2. The van der Waals surface area contributed by atoms with Gasteiger partial charge < -0.3 is 63.0 Å². The van der Waals surface area contributed by atoms with E-state index in [1.807, 2.05) is 26.0 Å². The Labute approximate surface area is 645 Å². The fourth-order valence-electron chi connectivity index (χ4n) is 14.1. The summed E-state index contributed by atoms with van der Waals surface area (Å²) in [6.07, 6.45) is 19.0. The minimum atomic E-state index is -0.387. The first-order valence-corrected chi connectivity index (χ1v) is 38.1. The summed E-state index contributed by atoms with van der Waals surface area (Å²) >= 11 is 0. The van der Waals surface area contributed by atoms with E-state index in [1.54, 1.807) is 25.5 Å². The second kappa shape index (κ2) is 40.4. The van der Waals surface area contributed by atoms with Crippen molar-refractivity contribution in [2.75, 3.05) is 68.7 Å². The molecule has 4 atom stereocenters. The largest absolute Gasteiger partial charge is 0.393 e. The minimum absolute atomic E-state index is 0.0551. The van der Waals surface area contributed by atoms with Crippen LogP contribution in [-0.2, 0) is 19.3 Å². The first-order chi connectivity index (χ1) is 52.8. The molecule has 4 fully saturated rings. The molecule has 12 rings (SSSR count). The zero-order chi connectivity index (χ0) is 78.7. The molecule has 4 heterocycles. The third kappa shape index (κ3) is 25.3. The Bertz CT molecular complexity index is 4400. The van der Waals surface area contributed by atoms with E-state index in [0.29, 0.717) is 80.9 Å². The van der Waals surface area contributed by atoms with Crippen LogP contribution in [0.3, 0.4) is 0 Å². The van der Waals surface area contributed by atoms with Crippen molar-refractivity contribution in [3.8, 4) is 24.3 Å². The van der Waals surface area contributed by atoms with E-state index in [4.69, 9.17) is 0 Å². The van der Waals surface area contributed by atoms with Crippen molar-refractivity contribution in [1.29, 1.82) is 21.0 Å². The third-order valence-electron chi connectivity index (χ3n) is 20.7. The zero-order valence-corrected chi connectivity index (χ0v) is 64.4. The summed E-state index contributed by atoms with van der Waals surface area (Å²) in [5, 5.41) is 103. The van der Waals surface area contributed by atoms with Gasteiger partial charge in [-0.15, -0.1) is 0 Å². The van der Waals surface area contributed by atoms with Crippen LogP contribution in [0.4, 0.5) is 51.5 Å². The van der Waals surface area contributed by atoms with Gasteiger partial charge in [-0.3, -0.25) is 4.79 Å². The van der Waals surface area contributed by atoms with Gasteiger partial charge in [0.25, 0.3) is 0 Å². The highest BCUT2D eigenvalue weighted by atomic mass is 19.1. The maximum absolute atomic E-state index is 13.2. The van der Waals surface area contributed by atoms with Crippen LogP contribution in [-0.4, -0.2) is 141 Å². The van der Waals surface area contributed by atoms with Crippen LogP contribution in [0.5, 0.6) is 0 Å². The first kappa shape index (κ1) is 83.0. The number of hydrogen-bond donors (Lipinski definition) is 12. The summed E-state index contributed by atoms with van der Waals surface area (Å²) in [6.45, 7) is 18.3. The van der Waals surface area contributed by atoms with E-state index in [-0.39, 0.29) is 83.5 Å². The highest BCUT2D eigenvalue weighted by molar-refractivity contribution is 6.00. The summed E-state index contributed by atoms with van der Waals surface area (Å²) in [5.41, 5.74) is 9.86. The average Bonchev–Trinajstić information content (AvgIpc) is 0.810. The predicted octanol–water partition coefficient (Wildman–Crippen LogP) is 13.2. The molecular formula is C84H105FN20O5. The van der Waals surface area contributed by atoms with Gasteiger partial charge in [0.2, 0.25) is 23.8 Å². The van der Waals surface area contributed by atoms with Crippen LogP contribution in [0.15, 0.2) is 116 Å². The molecule has 4 aliphatic rings. The maximum Gasteiger partial charge on any atom is 0.225 e. The summed E-state index contributed by atoms with van der Waals surface area (Å²) in [4.78, 5) is 47.2. The van der Waals surface area contributed by atoms with Gasteiger partial charge in [0.05, 0.1) is 55.7 Å². The Hall–Kier alpha value is -11.0. The van der Waals surface area contributed by atoms with Gasteiger partial charge in [-0.25, -0.2) is 24.3 Å². The molecule has 4 aromatic carbocycles. The number of nitrogens with zero attached hydrogens (tertiary/aromatic N) is 12. The highest BCUT2D eigenvalue weighted by Gasteiger charge is 2.37. The number of nitrogens with one attached hydrogen (secondary N) is 8. The molecule has 0 aliphatic heterocycles. The lowest BCUT2D eigenvalue weighted by Gasteiger charge is -2.40. The van der Waals surface area contributed by atoms with E-state index in [0.717, 1.165) is 122 Å². The molecule has 0 amide bonds. The second-order valence-corrected chi connectivity index (χ2v) is 30.5. The van der Waals surface area contributed by atoms with Crippen molar-refractivity contribution >= 4 is 52.8 Å². The third-order valence-corrected chi connectivity index (χ3v) is 20.7. The van der Waals surface area contributed by atoms with E-state index in [2.05, 4.69) is 202 Å². The Balaban J connectivity index is 0.000000169. The molecule has 12 N–H and O–H groups in total. The summed E-state index contributed by atoms with van der Waals surface area (Å²) in [7, 11) is 0. The van der Waals surface area contributed by atoms with Crippen LogP contribution in [0.2, 0.25) is 0 Å². The number of anilines is 8. The molecule has 4 saturated carbocycles. The number of aromatic nitrogens is 8. The van der Waals surface area contributed by atoms with Crippen molar-refractivity contribution in [2.45, 2.75) is 213 Å². The van der Waals surface area contributed by atoms with Gasteiger partial charge in [-0.2, -0.15) is 41.0 Å². The fourth-order valence-corrected chi connectivity index (χ4v) is 14.1. The van der Waals surface area contributed by atoms with Crippen molar-refractivity contribution < 1.29 is 29.6 Å². The predicted molar refractivity (Wildman–Crippen MR) is 427 cm³/mol. The van der Waals surface area contributed by atoms with Crippen molar-refractivity contribution in [3.05, 3.63) is 188 Å². The van der Waals surface area contributed by atoms with Crippen LogP contribution in [0.1, 0.15) is 189 Å². The topological polar surface area (TPSA) is 393 Å². The molecular weight excluding hydrogens is 1390 g/mol. The second-order valence-electron chi connectivity index (χ2n) is 30.5. The lowest BCUT2D eigenvalue weighted by Crippen LogP contribution is -2.41. The van der Waals surface area contributed by atoms with Gasteiger partial charge in [-0.1, -0.05) is 112 Å². The van der Waals surface area contributed by atoms with Crippen molar-refractivity contribution in [2.24, 2.45) is 10.8 Å². The Morgan fingerprint density at radius 2 is 0.818 bits per heavy atom. The monoisotopic (exact) mass is 1490 g/mol. The van der Waals surface area contributed by atoms with E-state index in [9.17, 15) is 50.7 Å². The molecule has 0 unspecified atom stereocenters. The number of benzene rings is 4. The van der Waals surface area contributed by atoms with Crippen LogP contribution in [0.25, 0.3) is 0 Å². The van der Waals surface area contributed by atoms with Crippen molar-refractivity contribution in [1.82, 2.24) is 39.9 Å². The molecule has 578 valence electrons. The number of aryl methyl sites for hydroxylation is 4. The number of nitriles is 4. The van der Waals surface area contributed by atoms with Gasteiger partial charge >= 0.3 is 0 Å². The number of aliphatic hydroxyl groups excluding tert-OH is 4. The smallest absolute Gasteiger partial charge is 0.225 e. The first-order valence-electron chi connectivity index (χ1n) is 38.1. The lowest BCUT2D eigenvalue weighted by molar-refractivity contribution is 0.00924. The number of hydrogen-bond acceptors (Lipinski definition) is 25. The molecule has 0 spiro atoms. The minimum Gasteiger partial charge on any atom is -0.393 e. The van der Waals surface area contributed by atoms with Gasteiger partial charge in [0.1, 0.15) is 75.6 Å². The molecule has 4 aliphatic carbocycles. The number of carbonyl (C=O) groups excluding carboxylic acids is 1. The standard InChI is InChI=1S/C22H26FN5O2.C22H29N5O.2C20H25N5O/c1-13-8-15(23)4-6-17(13)18(29)12-26-21-25-11-14(10-24)20(28-21)27-16-5-7-19(30)22(2,3)9-16;1-15-6-4-5-7-16(15)10-11-24-21-25-14-17(13-23)20(27-21)26-18-8-9-19(28)22(2,3)12-18;2*1-14-3-2-4-15(11-14)9-10-22-20-23-13-16(12-21)19(25-20)24-17-5-7-18(26)8-6-17/h4,6,8,11,16,19,30H,5,7,9,12H2,1-3H3,(H2,25,26,27,28);4-7,14,18-19,28H,8-12H2,1-3H3,(H2,24,25,26,27);2*2-4,11,13,17-18,26H,5-10H2,1H3,(H2,22,23,24,25)/t16-,19+;18-,19+;;/m11../s1. The summed E-state index contributed by atoms with van der Waals surface area (Å²) in [6, 6.07) is 38.5. The van der Waals surface area contributed by atoms with E-state index in [1.165, 1.54) is 57.8 Å². The van der Waals surface area contributed by atoms with Crippen molar-refractivity contribution in [3.63, 3.8) is 0 Å². The Kier molecular flexibility index (Phi) is 30.5. The highest BCUT2D eigenvalue weighted by Crippen LogP contribution is 2.39. The number of halogens is 1. The quantitative estimate of drug-likeness (QED) is 0.0250. The molecule has 110 heavy (non-hydrogen) atoms. The molecule has 25 nitrogen and oxygen atoms in total. The maximum atomic E-state index is 13.2. The Morgan fingerprint density at radius 3 is 1.19 bits per heavy atom.